The lowest BCUT2D eigenvalue weighted by molar-refractivity contribution is 0.393. The van der Waals surface area contributed by atoms with Gasteiger partial charge in [-0.1, -0.05) is 6.92 Å². The third-order valence-corrected chi connectivity index (χ3v) is 2.87. The van der Waals surface area contributed by atoms with E-state index in [1.807, 2.05) is 18.2 Å². The highest BCUT2D eigenvalue weighted by Gasteiger charge is 2.13. The topological polar surface area (TPSA) is 59.9 Å². The van der Waals surface area contributed by atoms with E-state index < -0.39 is 0 Å². The van der Waals surface area contributed by atoms with Crippen molar-refractivity contribution in [3.63, 3.8) is 0 Å². The van der Waals surface area contributed by atoms with Crippen LogP contribution in [0.2, 0.25) is 0 Å². The second-order valence-corrected chi connectivity index (χ2v) is 4.16. The molecule has 0 fully saturated rings. The molecule has 1 N–H and O–H groups in total. The number of rotatable bonds is 6. The minimum Gasteiger partial charge on any atom is -0.481 e. The molecule has 0 aliphatic carbocycles. The molecule has 5 heteroatoms. The second kappa shape index (κ2) is 6.80. The summed E-state index contributed by atoms with van der Waals surface area (Å²) in [6.45, 7) is 2.96. The van der Waals surface area contributed by atoms with Gasteiger partial charge >= 0.3 is 0 Å². The Kier molecular flexibility index (Phi) is 4.80. The maximum Gasteiger partial charge on any atom is 0.216 e. The summed E-state index contributed by atoms with van der Waals surface area (Å²) in [5, 5.41) is 3.43. The monoisotopic (exact) mass is 258 g/mol. The Hall–Kier alpha value is -2.01. The van der Waals surface area contributed by atoms with E-state index in [-0.39, 0.29) is 6.04 Å². The predicted molar refractivity (Wildman–Crippen MR) is 72.9 cm³/mol. The number of pyridine rings is 1. The van der Waals surface area contributed by atoms with Crippen LogP contribution in [0.3, 0.4) is 0 Å². The van der Waals surface area contributed by atoms with Crippen LogP contribution in [0.25, 0.3) is 0 Å². The predicted octanol–water partition coefficient (Wildman–Crippen LogP) is 1.77. The number of methoxy groups -OCH3 is 1. The van der Waals surface area contributed by atoms with Gasteiger partial charge in [0.25, 0.3) is 0 Å². The van der Waals surface area contributed by atoms with Crippen LogP contribution >= 0.6 is 0 Å². The Morgan fingerprint density at radius 1 is 1.26 bits per heavy atom. The first-order chi connectivity index (χ1) is 9.33. The maximum atomic E-state index is 5.14. The van der Waals surface area contributed by atoms with Gasteiger partial charge in [-0.05, 0) is 30.7 Å². The zero-order chi connectivity index (χ0) is 13.5. The highest BCUT2D eigenvalue weighted by Crippen LogP contribution is 2.18. The molecule has 2 aromatic rings. The molecule has 19 heavy (non-hydrogen) atoms. The summed E-state index contributed by atoms with van der Waals surface area (Å²) >= 11 is 0. The van der Waals surface area contributed by atoms with Crippen LogP contribution in [0.1, 0.15) is 24.2 Å². The molecule has 2 heterocycles. The fourth-order valence-corrected chi connectivity index (χ4v) is 1.94. The average Bonchev–Trinajstić information content (AvgIpc) is 2.48. The minimum atomic E-state index is 0.143. The third kappa shape index (κ3) is 3.72. The van der Waals surface area contributed by atoms with E-state index in [1.165, 1.54) is 11.9 Å². The SMILES string of the molecule is CCNC(Cc1ccncc1)c1cc(OC)ncn1. The van der Waals surface area contributed by atoms with Crippen LogP contribution in [0, 0.1) is 0 Å². The van der Waals surface area contributed by atoms with Crippen molar-refractivity contribution >= 4 is 0 Å². The quantitative estimate of drug-likeness (QED) is 0.855. The molecule has 0 saturated carbocycles. The Bertz CT molecular complexity index is 504. The summed E-state index contributed by atoms with van der Waals surface area (Å²) in [6, 6.07) is 6.05. The summed E-state index contributed by atoms with van der Waals surface area (Å²) in [5.74, 6) is 0.586. The lowest BCUT2D eigenvalue weighted by Gasteiger charge is -2.17. The van der Waals surface area contributed by atoms with Gasteiger partial charge in [0.2, 0.25) is 5.88 Å². The van der Waals surface area contributed by atoms with Crippen LogP contribution < -0.4 is 10.1 Å². The Balaban J connectivity index is 2.19. The Labute approximate surface area is 113 Å². The molecule has 0 saturated heterocycles. The summed E-state index contributed by atoms with van der Waals surface area (Å²) in [4.78, 5) is 12.4. The fourth-order valence-electron chi connectivity index (χ4n) is 1.94. The normalized spacial score (nSPS) is 12.1. The van der Waals surface area contributed by atoms with Crippen molar-refractivity contribution in [1.29, 1.82) is 0 Å². The molecule has 100 valence electrons. The van der Waals surface area contributed by atoms with E-state index >= 15 is 0 Å². The first kappa shape index (κ1) is 13.4. The number of aromatic nitrogens is 3. The third-order valence-electron chi connectivity index (χ3n) is 2.87. The Morgan fingerprint density at radius 2 is 2.05 bits per heavy atom. The van der Waals surface area contributed by atoms with Crippen molar-refractivity contribution in [3.05, 3.63) is 48.2 Å². The number of hydrogen-bond donors (Lipinski definition) is 1. The van der Waals surface area contributed by atoms with Crippen LogP contribution in [-0.2, 0) is 6.42 Å². The molecule has 0 radical (unpaired) electrons. The van der Waals surface area contributed by atoms with Gasteiger partial charge in [0.05, 0.1) is 18.8 Å². The van der Waals surface area contributed by atoms with Crippen molar-refractivity contribution in [2.24, 2.45) is 0 Å². The second-order valence-electron chi connectivity index (χ2n) is 4.16. The van der Waals surface area contributed by atoms with E-state index in [0.717, 1.165) is 18.7 Å². The van der Waals surface area contributed by atoms with Crippen molar-refractivity contribution in [1.82, 2.24) is 20.3 Å². The van der Waals surface area contributed by atoms with Gasteiger partial charge in [0, 0.05) is 18.5 Å². The number of ether oxygens (including phenoxy) is 1. The lowest BCUT2D eigenvalue weighted by Crippen LogP contribution is -2.24. The van der Waals surface area contributed by atoms with Crippen LogP contribution in [0.5, 0.6) is 5.88 Å². The molecule has 0 aromatic carbocycles. The summed E-state index contributed by atoms with van der Waals surface area (Å²) in [5.41, 5.74) is 2.16. The maximum absolute atomic E-state index is 5.14. The number of nitrogens with one attached hydrogen (secondary N) is 1. The first-order valence-corrected chi connectivity index (χ1v) is 6.31. The molecule has 0 amide bonds. The molecular weight excluding hydrogens is 240 g/mol. The highest BCUT2D eigenvalue weighted by atomic mass is 16.5. The molecule has 2 aromatic heterocycles. The van der Waals surface area contributed by atoms with Gasteiger partial charge in [-0.3, -0.25) is 4.98 Å². The molecule has 0 aliphatic heterocycles. The molecule has 0 aliphatic rings. The summed E-state index contributed by atoms with van der Waals surface area (Å²) in [7, 11) is 1.61. The number of hydrogen-bond acceptors (Lipinski definition) is 5. The van der Waals surface area contributed by atoms with Crippen LogP contribution in [-0.4, -0.2) is 28.6 Å². The van der Waals surface area contributed by atoms with E-state index in [2.05, 4.69) is 27.2 Å². The van der Waals surface area contributed by atoms with Crippen molar-refractivity contribution < 1.29 is 4.74 Å². The standard InChI is InChI=1S/C14H18N4O/c1-3-16-12(8-11-4-6-15-7-5-11)13-9-14(19-2)18-10-17-13/h4-7,9-10,12,16H,3,8H2,1-2H3. The zero-order valence-electron chi connectivity index (χ0n) is 11.2. The highest BCUT2D eigenvalue weighted by molar-refractivity contribution is 5.20. The van der Waals surface area contributed by atoms with Crippen molar-refractivity contribution in [2.45, 2.75) is 19.4 Å². The van der Waals surface area contributed by atoms with Crippen molar-refractivity contribution in [3.8, 4) is 5.88 Å². The molecule has 5 nitrogen and oxygen atoms in total. The summed E-state index contributed by atoms with van der Waals surface area (Å²) < 4.78 is 5.14. The van der Waals surface area contributed by atoms with Gasteiger partial charge in [0.15, 0.2) is 0 Å². The van der Waals surface area contributed by atoms with E-state index in [1.54, 1.807) is 19.5 Å². The fraction of sp³-hybridized carbons (Fsp3) is 0.357. The first-order valence-electron chi connectivity index (χ1n) is 6.31. The van der Waals surface area contributed by atoms with E-state index in [9.17, 15) is 0 Å². The lowest BCUT2D eigenvalue weighted by atomic mass is 10.0. The smallest absolute Gasteiger partial charge is 0.216 e. The Morgan fingerprint density at radius 3 is 2.74 bits per heavy atom. The van der Waals surface area contributed by atoms with Crippen LogP contribution in [0.15, 0.2) is 36.9 Å². The zero-order valence-corrected chi connectivity index (χ0v) is 11.2. The average molecular weight is 258 g/mol. The van der Waals surface area contributed by atoms with Crippen LogP contribution in [0.4, 0.5) is 0 Å². The number of nitrogens with zero attached hydrogens (tertiary/aromatic N) is 3. The molecule has 1 atom stereocenters. The molecular formula is C14H18N4O. The molecule has 2 rings (SSSR count). The molecule has 0 bridgehead atoms. The minimum absolute atomic E-state index is 0.143. The van der Waals surface area contributed by atoms with Gasteiger partial charge in [-0.25, -0.2) is 9.97 Å². The summed E-state index contributed by atoms with van der Waals surface area (Å²) in [6.07, 6.45) is 6.00. The van der Waals surface area contributed by atoms with Crippen molar-refractivity contribution in [2.75, 3.05) is 13.7 Å². The molecule has 1 unspecified atom stereocenters. The largest absolute Gasteiger partial charge is 0.481 e. The van der Waals surface area contributed by atoms with Gasteiger partial charge in [-0.2, -0.15) is 0 Å². The molecule has 0 spiro atoms. The van der Waals surface area contributed by atoms with Gasteiger partial charge in [-0.15, -0.1) is 0 Å². The van der Waals surface area contributed by atoms with Gasteiger partial charge in [0.1, 0.15) is 6.33 Å². The number of likely N-dealkylation sites (N-methyl/N-ethyl adjacent to an activating group) is 1. The van der Waals surface area contributed by atoms with E-state index in [0.29, 0.717) is 5.88 Å². The van der Waals surface area contributed by atoms with Gasteiger partial charge < -0.3 is 10.1 Å². The van der Waals surface area contributed by atoms with E-state index in [4.69, 9.17) is 4.74 Å².